The number of nitrogens with zero attached hydrogens (tertiary/aromatic N) is 6. The molecule has 2 unspecified atom stereocenters. The molecule has 2 fully saturated rings. The fourth-order valence-electron chi connectivity index (χ4n) is 4.54. The van der Waals surface area contributed by atoms with Gasteiger partial charge in [-0.15, -0.1) is 0 Å². The number of piperazine rings is 1. The lowest BCUT2D eigenvalue weighted by Crippen LogP contribution is -2.48. The van der Waals surface area contributed by atoms with Gasteiger partial charge in [-0.1, -0.05) is 18.2 Å². The third-order valence-corrected chi connectivity index (χ3v) is 6.42. The highest BCUT2D eigenvalue weighted by molar-refractivity contribution is 5.53. The maximum Gasteiger partial charge on any atom is 0.419 e. The number of morpholine rings is 1. The summed E-state index contributed by atoms with van der Waals surface area (Å²) in [7, 11) is 0. The van der Waals surface area contributed by atoms with E-state index in [1.807, 2.05) is 9.80 Å². The van der Waals surface area contributed by atoms with Gasteiger partial charge >= 0.3 is 6.18 Å². The molecule has 186 valence electrons. The third kappa shape index (κ3) is 5.09. The van der Waals surface area contributed by atoms with Crippen molar-refractivity contribution in [3.8, 4) is 0 Å². The number of hydrogen-bond donors (Lipinski definition) is 0. The first-order valence-electron chi connectivity index (χ1n) is 11.6. The van der Waals surface area contributed by atoms with Crippen molar-refractivity contribution in [2.75, 3.05) is 67.2 Å². The van der Waals surface area contributed by atoms with Crippen LogP contribution in [0.4, 0.5) is 35.1 Å². The van der Waals surface area contributed by atoms with E-state index in [1.165, 1.54) is 18.3 Å². The average Bonchev–Trinajstić information content (AvgIpc) is 2.89. The summed E-state index contributed by atoms with van der Waals surface area (Å²) < 4.78 is 60.6. The topological polar surface area (TPSA) is 57.6 Å². The van der Waals surface area contributed by atoms with Gasteiger partial charge in [-0.3, -0.25) is 0 Å². The number of anilines is 3. The lowest BCUT2D eigenvalue weighted by molar-refractivity contribution is -0.137. The van der Waals surface area contributed by atoms with Gasteiger partial charge in [0.15, 0.2) is 0 Å². The Morgan fingerprint density at radius 2 is 1.60 bits per heavy atom. The molecule has 2 aliphatic heterocycles. The first kappa shape index (κ1) is 23.5. The fraction of sp³-hybridized carbons (Fsp3) is 0.458. The van der Waals surface area contributed by atoms with Crippen LogP contribution in [0.3, 0.4) is 0 Å². The van der Waals surface area contributed by atoms with Crippen molar-refractivity contribution in [3.05, 3.63) is 60.0 Å². The van der Waals surface area contributed by atoms with Crippen LogP contribution >= 0.6 is 0 Å². The van der Waals surface area contributed by atoms with Gasteiger partial charge in [0.2, 0.25) is 5.95 Å². The maximum atomic E-state index is 14.7. The van der Waals surface area contributed by atoms with Gasteiger partial charge in [-0.25, -0.2) is 14.4 Å². The number of aromatic nitrogens is 3. The largest absolute Gasteiger partial charge is 0.419 e. The van der Waals surface area contributed by atoms with Crippen LogP contribution < -0.4 is 14.7 Å². The van der Waals surface area contributed by atoms with Crippen LogP contribution in [0, 0.1) is 0 Å². The van der Waals surface area contributed by atoms with Gasteiger partial charge in [-0.2, -0.15) is 18.2 Å². The highest BCUT2D eigenvalue weighted by Crippen LogP contribution is 2.36. The van der Waals surface area contributed by atoms with E-state index >= 15 is 0 Å². The first-order chi connectivity index (χ1) is 16.9. The average molecular weight is 491 g/mol. The van der Waals surface area contributed by atoms with E-state index in [0.29, 0.717) is 69.9 Å². The number of allylic oxidation sites excluding steroid dienone is 4. The predicted molar refractivity (Wildman–Crippen MR) is 125 cm³/mol. The molecule has 7 nitrogen and oxygen atoms in total. The highest BCUT2D eigenvalue weighted by atomic mass is 19.4. The number of rotatable bonds is 4. The molecule has 0 radical (unpaired) electrons. The maximum absolute atomic E-state index is 14.7. The van der Waals surface area contributed by atoms with Crippen LogP contribution in [0.2, 0.25) is 0 Å². The van der Waals surface area contributed by atoms with Crippen molar-refractivity contribution in [1.82, 2.24) is 15.0 Å². The minimum Gasteiger partial charge on any atom is -0.378 e. The van der Waals surface area contributed by atoms with Crippen molar-refractivity contribution in [2.24, 2.45) is 0 Å². The normalized spacial score (nSPS) is 23.1. The van der Waals surface area contributed by atoms with Gasteiger partial charge < -0.3 is 19.4 Å². The lowest BCUT2D eigenvalue weighted by Gasteiger charge is -2.37. The molecule has 0 bridgehead atoms. The lowest BCUT2D eigenvalue weighted by atomic mass is 9.95. The minimum absolute atomic E-state index is 0.0589. The Morgan fingerprint density at radius 1 is 0.886 bits per heavy atom. The van der Waals surface area contributed by atoms with Gasteiger partial charge in [0, 0.05) is 51.5 Å². The Kier molecular flexibility index (Phi) is 6.59. The molecule has 4 heterocycles. The van der Waals surface area contributed by atoms with Crippen LogP contribution in [0.15, 0.2) is 48.7 Å². The van der Waals surface area contributed by atoms with Crippen molar-refractivity contribution in [1.29, 1.82) is 0 Å². The number of hydrogen-bond acceptors (Lipinski definition) is 7. The molecule has 0 saturated carbocycles. The quantitative estimate of drug-likeness (QED) is 0.607. The molecule has 0 spiro atoms. The van der Waals surface area contributed by atoms with E-state index in [4.69, 9.17) is 9.72 Å². The summed E-state index contributed by atoms with van der Waals surface area (Å²) in [4.78, 5) is 19.1. The Labute approximate surface area is 200 Å². The second kappa shape index (κ2) is 9.80. The molecule has 2 aromatic heterocycles. The summed E-state index contributed by atoms with van der Waals surface area (Å²) in [5.41, 5.74) is -0.158. The molecule has 11 heteroatoms. The molecule has 1 aliphatic carbocycles. The summed E-state index contributed by atoms with van der Waals surface area (Å²) in [6.07, 6.45) is 2.49. The van der Waals surface area contributed by atoms with Crippen molar-refractivity contribution in [3.63, 3.8) is 0 Å². The van der Waals surface area contributed by atoms with Crippen LogP contribution in [0.25, 0.3) is 0 Å². The molecule has 2 saturated heterocycles. The summed E-state index contributed by atoms with van der Waals surface area (Å²) in [6.45, 7) is 4.00. The van der Waals surface area contributed by atoms with Gasteiger partial charge in [0.1, 0.15) is 17.8 Å². The molecule has 2 atom stereocenters. The SMILES string of the molecule is FC1C=CC=CC1c1cc(N2CCN(c3ncccc3C(F)(F)F)CC2)nc(N2CCOCC2)n1. The van der Waals surface area contributed by atoms with Crippen molar-refractivity contribution < 1.29 is 22.3 Å². The second-order valence-electron chi connectivity index (χ2n) is 8.64. The summed E-state index contributed by atoms with van der Waals surface area (Å²) in [5.74, 6) is 0.577. The molecular weight excluding hydrogens is 464 g/mol. The van der Waals surface area contributed by atoms with Gasteiger partial charge in [0.05, 0.1) is 30.4 Å². The van der Waals surface area contributed by atoms with E-state index in [2.05, 4.69) is 9.97 Å². The summed E-state index contributed by atoms with van der Waals surface area (Å²) in [6, 6.07) is 4.15. The van der Waals surface area contributed by atoms with E-state index in [1.54, 1.807) is 29.2 Å². The number of pyridine rings is 1. The van der Waals surface area contributed by atoms with Crippen LogP contribution in [0.1, 0.15) is 17.2 Å². The third-order valence-electron chi connectivity index (χ3n) is 6.42. The van der Waals surface area contributed by atoms with E-state index in [0.717, 1.165) is 6.07 Å². The number of ether oxygens (including phenoxy) is 1. The van der Waals surface area contributed by atoms with E-state index in [-0.39, 0.29) is 5.82 Å². The molecule has 5 rings (SSSR count). The van der Waals surface area contributed by atoms with Gasteiger partial charge in [-0.05, 0) is 18.2 Å². The molecule has 3 aliphatic rings. The molecule has 0 N–H and O–H groups in total. The van der Waals surface area contributed by atoms with Crippen LogP contribution in [-0.2, 0) is 10.9 Å². The minimum atomic E-state index is -4.47. The van der Waals surface area contributed by atoms with E-state index in [9.17, 15) is 17.6 Å². The van der Waals surface area contributed by atoms with Gasteiger partial charge in [0.25, 0.3) is 0 Å². The smallest absolute Gasteiger partial charge is 0.378 e. The van der Waals surface area contributed by atoms with Crippen molar-refractivity contribution >= 4 is 17.6 Å². The summed E-state index contributed by atoms with van der Waals surface area (Å²) in [5, 5.41) is 0. The fourth-order valence-corrected chi connectivity index (χ4v) is 4.54. The second-order valence-corrected chi connectivity index (χ2v) is 8.64. The Bertz CT molecular complexity index is 1090. The standard InChI is InChI=1S/C24H26F4N6O/c25-19-6-2-1-4-17(19)20-16-21(31-23(30-20)34-12-14-35-15-13-34)32-8-10-33(11-9-32)22-18(24(26,27)28)5-3-7-29-22/h1-7,16-17,19H,8-15H2. The first-order valence-corrected chi connectivity index (χ1v) is 11.6. The zero-order valence-electron chi connectivity index (χ0n) is 19.0. The van der Waals surface area contributed by atoms with Crippen LogP contribution in [0.5, 0.6) is 0 Å². The Hall–Kier alpha value is -3.21. The van der Waals surface area contributed by atoms with Crippen LogP contribution in [-0.4, -0.2) is 73.6 Å². The Morgan fingerprint density at radius 3 is 2.31 bits per heavy atom. The Balaban J connectivity index is 1.40. The predicted octanol–water partition coefficient (Wildman–Crippen LogP) is 3.60. The van der Waals surface area contributed by atoms with Crippen molar-refractivity contribution in [2.45, 2.75) is 18.3 Å². The number of alkyl halides is 4. The monoisotopic (exact) mass is 490 g/mol. The molecular formula is C24H26F4N6O. The molecule has 0 amide bonds. The zero-order valence-corrected chi connectivity index (χ0v) is 19.0. The molecule has 2 aromatic rings. The van der Waals surface area contributed by atoms with E-state index < -0.39 is 23.8 Å². The molecule has 0 aromatic carbocycles. The number of halogens is 4. The molecule has 35 heavy (non-hydrogen) atoms. The summed E-state index contributed by atoms with van der Waals surface area (Å²) >= 11 is 0. The highest BCUT2D eigenvalue weighted by Gasteiger charge is 2.36. The zero-order chi connectivity index (χ0) is 24.4.